The Morgan fingerprint density at radius 1 is 1.26 bits per heavy atom. The summed E-state index contributed by atoms with van der Waals surface area (Å²) in [5, 5.41) is 4.33. The van der Waals surface area contributed by atoms with Crippen LogP contribution in [0.5, 0.6) is 5.75 Å². The highest BCUT2D eigenvalue weighted by molar-refractivity contribution is 7.89. The summed E-state index contributed by atoms with van der Waals surface area (Å²) in [6.07, 6.45) is 0.557. The summed E-state index contributed by atoms with van der Waals surface area (Å²) >= 11 is 5.80. The third kappa shape index (κ3) is 4.25. The van der Waals surface area contributed by atoms with Gasteiger partial charge in [0.15, 0.2) is 5.76 Å². The molecule has 0 amide bonds. The lowest BCUT2D eigenvalue weighted by Gasteiger charge is -2.17. The fraction of sp³-hybridized carbons (Fsp3) is 0.400. The molecule has 0 fully saturated rings. The van der Waals surface area contributed by atoms with Crippen LogP contribution in [-0.4, -0.2) is 38.1 Å². The monoisotopic (exact) mass is 358 g/mol. The van der Waals surface area contributed by atoms with Gasteiger partial charge in [-0.3, -0.25) is 0 Å². The maximum atomic E-state index is 12.5. The minimum atomic E-state index is -3.60. The van der Waals surface area contributed by atoms with Crippen molar-refractivity contribution in [2.24, 2.45) is 0 Å². The van der Waals surface area contributed by atoms with Crippen LogP contribution >= 0.6 is 11.6 Å². The molecule has 1 aromatic heterocycles. The second-order valence-corrected chi connectivity index (χ2v) is 7.55. The number of sulfonamides is 1. The van der Waals surface area contributed by atoms with Crippen LogP contribution in [0.2, 0.25) is 5.02 Å². The van der Waals surface area contributed by atoms with E-state index in [4.69, 9.17) is 20.9 Å². The first-order chi connectivity index (χ1) is 10.8. The van der Waals surface area contributed by atoms with Crippen molar-refractivity contribution in [3.63, 3.8) is 0 Å². The molecule has 0 bridgehead atoms. The van der Waals surface area contributed by atoms with E-state index < -0.39 is 10.0 Å². The van der Waals surface area contributed by atoms with Crippen molar-refractivity contribution < 1.29 is 17.7 Å². The maximum Gasteiger partial charge on any atom is 0.248 e. The largest absolute Gasteiger partial charge is 0.494 e. The molecule has 0 unspecified atom stereocenters. The normalized spacial score (nSPS) is 11.9. The summed E-state index contributed by atoms with van der Waals surface area (Å²) in [7, 11) is -2.07. The van der Waals surface area contributed by atoms with E-state index in [-0.39, 0.29) is 4.90 Å². The smallest absolute Gasteiger partial charge is 0.248 e. The molecular weight excluding hydrogens is 340 g/mol. The Balaban J connectivity index is 1.89. The van der Waals surface area contributed by atoms with Gasteiger partial charge in [-0.05, 0) is 44.5 Å². The van der Waals surface area contributed by atoms with Crippen LogP contribution in [0.3, 0.4) is 0 Å². The predicted molar refractivity (Wildman–Crippen MR) is 87.4 cm³/mol. The minimum absolute atomic E-state index is 0.138. The van der Waals surface area contributed by atoms with Crippen molar-refractivity contribution in [3.05, 3.63) is 40.7 Å². The summed E-state index contributed by atoms with van der Waals surface area (Å²) in [6.45, 7) is 3.94. The molecule has 0 saturated carbocycles. The van der Waals surface area contributed by atoms with Gasteiger partial charge in [0, 0.05) is 18.6 Å². The molecule has 126 valence electrons. The van der Waals surface area contributed by atoms with Crippen molar-refractivity contribution in [1.82, 2.24) is 9.46 Å². The summed E-state index contributed by atoms with van der Waals surface area (Å²) < 4.78 is 36.8. The van der Waals surface area contributed by atoms with E-state index in [1.807, 2.05) is 0 Å². The van der Waals surface area contributed by atoms with Crippen LogP contribution in [0.15, 0.2) is 33.7 Å². The number of benzene rings is 1. The Morgan fingerprint density at radius 3 is 2.48 bits per heavy atom. The summed E-state index contributed by atoms with van der Waals surface area (Å²) in [6, 6.07) is 7.02. The van der Waals surface area contributed by atoms with E-state index in [0.29, 0.717) is 41.8 Å². The van der Waals surface area contributed by atoms with Crippen LogP contribution in [0, 0.1) is 13.8 Å². The van der Waals surface area contributed by atoms with Crippen molar-refractivity contribution in [2.45, 2.75) is 25.2 Å². The van der Waals surface area contributed by atoms with Gasteiger partial charge in [-0.25, -0.2) is 12.7 Å². The highest BCUT2D eigenvalue weighted by Gasteiger charge is 2.28. The van der Waals surface area contributed by atoms with Crippen molar-refractivity contribution in [3.8, 4) is 5.75 Å². The standard InChI is InChI=1S/C15H19ClN2O4S/c1-11-15(12(2)22-17-11)23(19,20)18(3)9-4-10-21-14-7-5-13(16)6-8-14/h5-8H,4,9-10H2,1-3H3. The van der Waals surface area contributed by atoms with Crippen LogP contribution in [-0.2, 0) is 10.0 Å². The fourth-order valence-electron chi connectivity index (χ4n) is 2.13. The van der Waals surface area contributed by atoms with E-state index in [1.165, 1.54) is 11.4 Å². The zero-order valence-electron chi connectivity index (χ0n) is 13.2. The average molecular weight is 359 g/mol. The summed E-state index contributed by atoms with van der Waals surface area (Å²) in [5.74, 6) is 0.998. The zero-order chi connectivity index (χ0) is 17.0. The SMILES string of the molecule is Cc1noc(C)c1S(=O)(=O)N(C)CCCOc1ccc(Cl)cc1. The first-order valence-corrected chi connectivity index (χ1v) is 8.91. The molecule has 0 radical (unpaired) electrons. The number of aryl methyl sites for hydroxylation is 2. The molecule has 6 nitrogen and oxygen atoms in total. The highest BCUT2D eigenvalue weighted by Crippen LogP contribution is 2.22. The Bertz CT molecular complexity index is 737. The second kappa shape index (κ2) is 7.33. The van der Waals surface area contributed by atoms with E-state index in [2.05, 4.69) is 5.16 Å². The third-order valence-corrected chi connectivity index (χ3v) is 5.69. The average Bonchev–Trinajstić information content (AvgIpc) is 2.84. The predicted octanol–water partition coefficient (Wildman–Crippen LogP) is 3.03. The first kappa shape index (κ1) is 17.8. The van der Waals surface area contributed by atoms with Gasteiger partial charge in [0.25, 0.3) is 0 Å². The first-order valence-electron chi connectivity index (χ1n) is 7.10. The lowest BCUT2D eigenvalue weighted by Crippen LogP contribution is -2.29. The lowest BCUT2D eigenvalue weighted by atomic mass is 10.3. The van der Waals surface area contributed by atoms with E-state index in [1.54, 1.807) is 38.1 Å². The van der Waals surface area contributed by atoms with E-state index >= 15 is 0 Å². The molecule has 0 aliphatic rings. The molecule has 0 N–H and O–H groups in total. The summed E-state index contributed by atoms with van der Waals surface area (Å²) in [5.41, 5.74) is 0.367. The van der Waals surface area contributed by atoms with Crippen LogP contribution < -0.4 is 4.74 Å². The maximum absolute atomic E-state index is 12.5. The lowest BCUT2D eigenvalue weighted by molar-refractivity contribution is 0.296. The fourth-order valence-corrected chi connectivity index (χ4v) is 3.75. The Hall–Kier alpha value is -1.57. The number of nitrogens with zero attached hydrogens (tertiary/aromatic N) is 2. The number of hydrogen-bond donors (Lipinski definition) is 0. The Kier molecular flexibility index (Phi) is 5.67. The molecule has 0 aliphatic carbocycles. The Morgan fingerprint density at radius 2 is 1.91 bits per heavy atom. The molecular formula is C15H19ClN2O4S. The molecule has 2 rings (SSSR count). The van der Waals surface area contributed by atoms with E-state index in [9.17, 15) is 8.42 Å². The van der Waals surface area contributed by atoms with Gasteiger partial charge < -0.3 is 9.26 Å². The number of halogens is 1. The molecule has 0 aliphatic heterocycles. The van der Waals surface area contributed by atoms with Crippen molar-refractivity contribution in [1.29, 1.82) is 0 Å². The van der Waals surface area contributed by atoms with E-state index in [0.717, 1.165) is 0 Å². The molecule has 0 atom stereocenters. The van der Waals surface area contributed by atoms with Gasteiger partial charge in [0.1, 0.15) is 16.3 Å². The molecule has 1 heterocycles. The highest BCUT2D eigenvalue weighted by atomic mass is 35.5. The van der Waals surface area contributed by atoms with Gasteiger partial charge in [-0.1, -0.05) is 16.8 Å². The zero-order valence-corrected chi connectivity index (χ0v) is 14.8. The summed E-state index contributed by atoms with van der Waals surface area (Å²) in [4.78, 5) is 0.138. The van der Waals surface area contributed by atoms with Gasteiger partial charge in [0.05, 0.1) is 6.61 Å². The molecule has 8 heteroatoms. The molecule has 2 aromatic rings. The Labute approximate surface area is 141 Å². The van der Waals surface area contributed by atoms with Crippen LogP contribution in [0.25, 0.3) is 0 Å². The number of aromatic nitrogens is 1. The molecule has 0 saturated heterocycles. The second-order valence-electron chi connectivity index (χ2n) is 5.14. The minimum Gasteiger partial charge on any atom is -0.494 e. The molecule has 0 spiro atoms. The van der Waals surface area contributed by atoms with Crippen molar-refractivity contribution in [2.75, 3.05) is 20.2 Å². The van der Waals surface area contributed by atoms with Crippen molar-refractivity contribution >= 4 is 21.6 Å². The van der Waals surface area contributed by atoms with Gasteiger partial charge >= 0.3 is 0 Å². The molecule has 1 aromatic carbocycles. The quantitative estimate of drug-likeness (QED) is 0.711. The number of ether oxygens (including phenoxy) is 1. The number of rotatable bonds is 7. The third-order valence-electron chi connectivity index (χ3n) is 3.34. The molecule has 23 heavy (non-hydrogen) atoms. The number of hydrogen-bond acceptors (Lipinski definition) is 5. The topological polar surface area (TPSA) is 72.6 Å². The van der Waals surface area contributed by atoms with Gasteiger partial charge in [-0.15, -0.1) is 0 Å². The van der Waals surface area contributed by atoms with Gasteiger partial charge in [0.2, 0.25) is 10.0 Å². The van der Waals surface area contributed by atoms with Gasteiger partial charge in [-0.2, -0.15) is 0 Å². The van der Waals surface area contributed by atoms with Crippen LogP contribution in [0.1, 0.15) is 17.9 Å². The van der Waals surface area contributed by atoms with Crippen LogP contribution in [0.4, 0.5) is 0 Å².